The molecule has 18 heavy (non-hydrogen) atoms. The highest BCUT2D eigenvalue weighted by Gasteiger charge is 1.99. The molecule has 1 rings (SSSR count). The van der Waals surface area contributed by atoms with Gasteiger partial charge in [-0.15, -0.1) is 0 Å². The number of nitrogens with zero attached hydrogens (tertiary/aromatic N) is 1. The third-order valence-electron chi connectivity index (χ3n) is 3.65. The monoisotopic (exact) mass is 248 g/mol. The van der Waals surface area contributed by atoms with Gasteiger partial charge in [-0.05, 0) is 25.0 Å². The number of unbranched alkanes of at least 4 members (excludes halogenated alkanes) is 10. The Morgan fingerprint density at radius 3 is 1.83 bits per heavy atom. The van der Waals surface area contributed by atoms with Crippen molar-refractivity contribution in [1.82, 2.24) is 5.32 Å². The highest BCUT2D eigenvalue weighted by atomic mass is 14.9. The zero-order valence-corrected chi connectivity index (χ0v) is 12.2. The van der Waals surface area contributed by atoms with E-state index in [1.54, 1.807) is 0 Å². The van der Waals surface area contributed by atoms with Gasteiger partial charge in [0.1, 0.15) is 0 Å². The van der Waals surface area contributed by atoms with E-state index in [2.05, 4.69) is 18.3 Å². The lowest BCUT2D eigenvalue weighted by molar-refractivity contribution is 0.548. The quantitative estimate of drug-likeness (QED) is 0.393. The fourth-order valence-electron chi connectivity index (χ4n) is 2.45. The fourth-order valence-corrected chi connectivity index (χ4v) is 2.45. The minimum atomic E-state index is 1.17. The summed E-state index contributed by atoms with van der Waals surface area (Å²) in [6.45, 7) is 2.28. The Morgan fingerprint density at radius 1 is 0.778 bits per heavy atom. The summed E-state index contributed by atoms with van der Waals surface area (Å²) in [4.78, 5) is 0. The van der Waals surface area contributed by atoms with E-state index in [0.717, 1.165) is 0 Å². The van der Waals surface area contributed by atoms with Crippen LogP contribution in [-0.2, 0) is 0 Å². The SMILES string of the molecule is CCCCCCCCCCCCCC1=CC=C[N]1. The van der Waals surface area contributed by atoms with E-state index >= 15 is 0 Å². The van der Waals surface area contributed by atoms with Crippen LogP contribution in [0.2, 0.25) is 0 Å². The second-order valence-electron chi connectivity index (χ2n) is 5.41. The van der Waals surface area contributed by atoms with Crippen molar-refractivity contribution in [2.75, 3.05) is 0 Å². The van der Waals surface area contributed by atoms with Crippen LogP contribution < -0.4 is 5.32 Å². The molecule has 0 aromatic heterocycles. The van der Waals surface area contributed by atoms with Crippen molar-refractivity contribution in [2.45, 2.75) is 84.0 Å². The number of hydrogen-bond acceptors (Lipinski definition) is 0. The molecule has 0 fully saturated rings. The Hall–Kier alpha value is -0.720. The third kappa shape index (κ3) is 8.38. The van der Waals surface area contributed by atoms with Gasteiger partial charge < -0.3 is 0 Å². The van der Waals surface area contributed by atoms with Crippen molar-refractivity contribution in [3.05, 3.63) is 24.0 Å². The number of hydrogen-bond donors (Lipinski definition) is 0. The molecule has 1 aliphatic rings. The Kier molecular flexibility index (Phi) is 9.69. The van der Waals surface area contributed by atoms with Gasteiger partial charge in [0.25, 0.3) is 0 Å². The van der Waals surface area contributed by atoms with E-state index in [-0.39, 0.29) is 0 Å². The van der Waals surface area contributed by atoms with Crippen LogP contribution in [0.4, 0.5) is 0 Å². The highest BCUT2D eigenvalue weighted by molar-refractivity contribution is 5.18. The molecule has 0 bridgehead atoms. The van der Waals surface area contributed by atoms with Gasteiger partial charge in [0.15, 0.2) is 0 Å². The molecule has 103 valence electrons. The maximum absolute atomic E-state index is 4.30. The van der Waals surface area contributed by atoms with E-state index in [1.807, 2.05) is 12.3 Å². The largest absolute Gasteiger partial charge is 0.261 e. The summed E-state index contributed by atoms with van der Waals surface area (Å²) < 4.78 is 0. The second kappa shape index (κ2) is 11.4. The number of rotatable bonds is 12. The van der Waals surface area contributed by atoms with Gasteiger partial charge in [0.05, 0.1) is 0 Å². The first-order valence-electron chi connectivity index (χ1n) is 8.00. The summed E-state index contributed by atoms with van der Waals surface area (Å²) in [5, 5.41) is 4.30. The Bertz CT molecular complexity index is 240. The number of allylic oxidation sites excluding steroid dienone is 3. The van der Waals surface area contributed by atoms with Gasteiger partial charge in [-0.1, -0.05) is 71.1 Å². The molecule has 0 aliphatic carbocycles. The lowest BCUT2D eigenvalue weighted by atomic mass is 10.0. The summed E-state index contributed by atoms with van der Waals surface area (Å²) in [5.74, 6) is 0. The molecule has 0 N–H and O–H groups in total. The molecular weight excluding hydrogens is 218 g/mol. The van der Waals surface area contributed by atoms with Crippen LogP contribution in [0.15, 0.2) is 24.0 Å². The zero-order chi connectivity index (χ0) is 12.9. The Labute approximate surface area is 114 Å². The maximum Gasteiger partial charge on any atom is 0.0404 e. The summed E-state index contributed by atoms with van der Waals surface area (Å²) in [5.41, 5.74) is 1.27. The molecule has 0 aromatic carbocycles. The van der Waals surface area contributed by atoms with Crippen LogP contribution in [0.5, 0.6) is 0 Å². The third-order valence-corrected chi connectivity index (χ3v) is 3.65. The van der Waals surface area contributed by atoms with E-state index in [9.17, 15) is 0 Å². The normalized spacial score (nSPS) is 13.7. The summed E-state index contributed by atoms with van der Waals surface area (Å²) in [6.07, 6.45) is 22.8. The van der Waals surface area contributed by atoms with Crippen LogP contribution in [-0.4, -0.2) is 0 Å². The minimum absolute atomic E-state index is 1.17. The van der Waals surface area contributed by atoms with E-state index in [0.29, 0.717) is 0 Å². The molecular formula is C17H30N. The van der Waals surface area contributed by atoms with Crippen LogP contribution >= 0.6 is 0 Å². The second-order valence-corrected chi connectivity index (χ2v) is 5.41. The van der Waals surface area contributed by atoms with Crippen LogP contribution in [0.25, 0.3) is 0 Å². The smallest absolute Gasteiger partial charge is 0.0404 e. The molecule has 0 atom stereocenters. The molecule has 0 saturated carbocycles. The van der Waals surface area contributed by atoms with Gasteiger partial charge in [-0.25, -0.2) is 0 Å². The maximum atomic E-state index is 4.30. The van der Waals surface area contributed by atoms with Crippen molar-refractivity contribution in [3.63, 3.8) is 0 Å². The Morgan fingerprint density at radius 2 is 1.33 bits per heavy atom. The molecule has 0 unspecified atom stereocenters. The molecule has 1 nitrogen and oxygen atoms in total. The predicted molar refractivity (Wildman–Crippen MR) is 80.4 cm³/mol. The first-order chi connectivity index (χ1) is 8.93. The van der Waals surface area contributed by atoms with E-state index in [1.165, 1.54) is 82.7 Å². The van der Waals surface area contributed by atoms with Gasteiger partial charge in [0, 0.05) is 11.9 Å². The molecule has 1 heteroatoms. The van der Waals surface area contributed by atoms with Crippen molar-refractivity contribution >= 4 is 0 Å². The van der Waals surface area contributed by atoms with Crippen molar-refractivity contribution in [1.29, 1.82) is 0 Å². The van der Waals surface area contributed by atoms with Gasteiger partial charge in [-0.3, -0.25) is 5.32 Å². The molecule has 0 saturated heterocycles. The van der Waals surface area contributed by atoms with Crippen LogP contribution in [0, 0.1) is 0 Å². The van der Waals surface area contributed by atoms with Gasteiger partial charge in [-0.2, -0.15) is 0 Å². The predicted octanol–water partition coefficient (Wildman–Crippen LogP) is 5.70. The van der Waals surface area contributed by atoms with E-state index < -0.39 is 0 Å². The topological polar surface area (TPSA) is 14.1 Å². The zero-order valence-electron chi connectivity index (χ0n) is 12.2. The van der Waals surface area contributed by atoms with Gasteiger partial charge >= 0.3 is 0 Å². The van der Waals surface area contributed by atoms with Crippen LogP contribution in [0.1, 0.15) is 84.0 Å². The van der Waals surface area contributed by atoms with E-state index in [4.69, 9.17) is 0 Å². The van der Waals surface area contributed by atoms with Crippen molar-refractivity contribution in [2.24, 2.45) is 0 Å². The van der Waals surface area contributed by atoms with Gasteiger partial charge in [0.2, 0.25) is 0 Å². The van der Waals surface area contributed by atoms with Crippen molar-refractivity contribution in [3.8, 4) is 0 Å². The molecule has 1 aliphatic heterocycles. The molecule has 0 aromatic rings. The fraction of sp³-hybridized carbons (Fsp3) is 0.765. The molecule has 1 radical (unpaired) electrons. The Balaban J connectivity index is 1.71. The standard InChI is InChI=1S/C17H30N/c1-2-3-4-5-6-7-8-9-10-11-12-14-17-15-13-16-18-17/h13,15-16H,2-12,14H2,1H3. The first-order valence-corrected chi connectivity index (χ1v) is 8.00. The molecule has 0 spiro atoms. The molecule has 1 heterocycles. The first kappa shape index (κ1) is 15.3. The lowest BCUT2D eigenvalue weighted by Crippen LogP contribution is -1.92. The highest BCUT2D eigenvalue weighted by Crippen LogP contribution is 2.14. The lowest BCUT2D eigenvalue weighted by Gasteiger charge is -2.03. The summed E-state index contributed by atoms with van der Waals surface area (Å²) in [6, 6.07) is 0. The average Bonchev–Trinajstić information content (AvgIpc) is 2.89. The van der Waals surface area contributed by atoms with Crippen LogP contribution in [0.3, 0.4) is 0 Å². The minimum Gasteiger partial charge on any atom is -0.261 e. The molecule has 0 amide bonds. The average molecular weight is 248 g/mol. The van der Waals surface area contributed by atoms with Crippen molar-refractivity contribution < 1.29 is 0 Å². The summed E-state index contributed by atoms with van der Waals surface area (Å²) in [7, 11) is 0. The summed E-state index contributed by atoms with van der Waals surface area (Å²) >= 11 is 0.